The van der Waals surface area contributed by atoms with Crippen LogP contribution in [0.1, 0.15) is 26.7 Å². The van der Waals surface area contributed by atoms with Gasteiger partial charge in [-0.15, -0.1) is 0 Å². The highest BCUT2D eigenvalue weighted by Crippen LogP contribution is 2.16. The fraction of sp³-hybridized carbons (Fsp3) is 0.500. The Morgan fingerprint density at radius 3 is 2.28 bits per heavy atom. The topological polar surface area (TPSA) is 122 Å². The van der Waals surface area contributed by atoms with Gasteiger partial charge in [-0.05, 0) is 36.6 Å². The van der Waals surface area contributed by atoms with Gasteiger partial charge in [0.15, 0.2) is 0 Å². The lowest BCUT2D eigenvalue weighted by Crippen LogP contribution is -2.49. The van der Waals surface area contributed by atoms with Crippen LogP contribution in [0.25, 0.3) is 0 Å². The molecular formula is C16H24N2O6S. The molecule has 140 valence electrons. The number of rotatable bonds is 10. The summed E-state index contributed by atoms with van der Waals surface area (Å²) in [5.74, 6) is -1.20. The van der Waals surface area contributed by atoms with Crippen LogP contribution in [0, 0.1) is 5.92 Å². The van der Waals surface area contributed by atoms with Gasteiger partial charge in [-0.3, -0.25) is 9.59 Å². The molecule has 9 heteroatoms. The number of nitrogens with one attached hydrogen (secondary N) is 2. The van der Waals surface area contributed by atoms with Crippen molar-refractivity contribution < 1.29 is 27.9 Å². The van der Waals surface area contributed by atoms with Gasteiger partial charge < -0.3 is 15.2 Å². The fourth-order valence-electron chi connectivity index (χ4n) is 2.04. The van der Waals surface area contributed by atoms with E-state index >= 15 is 0 Å². The van der Waals surface area contributed by atoms with Crippen molar-refractivity contribution in [1.82, 2.24) is 10.0 Å². The number of methoxy groups -OCH3 is 1. The van der Waals surface area contributed by atoms with Gasteiger partial charge in [0, 0.05) is 13.0 Å². The number of carboxylic acids is 1. The second kappa shape index (κ2) is 9.38. The average molecular weight is 372 g/mol. The van der Waals surface area contributed by atoms with Crippen molar-refractivity contribution in [3.05, 3.63) is 24.3 Å². The van der Waals surface area contributed by atoms with Crippen LogP contribution in [-0.4, -0.2) is 45.1 Å². The highest BCUT2D eigenvalue weighted by atomic mass is 32.2. The number of hydrogen-bond donors (Lipinski definition) is 3. The predicted molar refractivity (Wildman–Crippen MR) is 91.8 cm³/mol. The Hall–Kier alpha value is -2.13. The molecule has 0 radical (unpaired) electrons. The van der Waals surface area contributed by atoms with Gasteiger partial charge in [-0.1, -0.05) is 13.8 Å². The van der Waals surface area contributed by atoms with Crippen molar-refractivity contribution in [2.45, 2.75) is 37.6 Å². The zero-order chi connectivity index (χ0) is 19.0. The van der Waals surface area contributed by atoms with Gasteiger partial charge in [0.05, 0.1) is 12.0 Å². The molecule has 0 saturated heterocycles. The van der Waals surface area contributed by atoms with Gasteiger partial charge in [0.2, 0.25) is 15.9 Å². The molecule has 0 fully saturated rings. The van der Waals surface area contributed by atoms with Gasteiger partial charge in [-0.2, -0.15) is 4.72 Å². The van der Waals surface area contributed by atoms with Gasteiger partial charge >= 0.3 is 5.97 Å². The number of aliphatic carboxylic acids is 1. The van der Waals surface area contributed by atoms with Crippen LogP contribution in [0.3, 0.4) is 0 Å². The second-order valence-corrected chi connectivity index (χ2v) is 7.52. The Balaban J connectivity index is 2.77. The molecule has 0 spiro atoms. The first kappa shape index (κ1) is 20.9. The summed E-state index contributed by atoms with van der Waals surface area (Å²) in [4.78, 5) is 22.7. The number of carboxylic acid groups (broad SMARTS) is 1. The van der Waals surface area contributed by atoms with Crippen molar-refractivity contribution in [2.24, 2.45) is 5.92 Å². The van der Waals surface area contributed by atoms with Crippen LogP contribution in [-0.2, 0) is 19.6 Å². The van der Waals surface area contributed by atoms with Crippen molar-refractivity contribution in [1.29, 1.82) is 0 Å². The summed E-state index contributed by atoms with van der Waals surface area (Å²) in [7, 11) is -2.40. The number of ether oxygens (including phenoxy) is 1. The summed E-state index contributed by atoms with van der Waals surface area (Å²) in [5.41, 5.74) is 0. The quantitative estimate of drug-likeness (QED) is 0.526. The Bertz CT molecular complexity index is 685. The zero-order valence-electron chi connectivity index (χ0n) is 14.5. The highest BCUT2D eigenvalue weighted by molar-refractivity contribution is 7.89. The van der Waals surface area contributed by atoms with Crippen LogP contribution in [0.4, 0.5) is 0 Å². The molecule has 1 rings (SSSR count). The third kappa shape index (κ3) is 6.71. The minimum absolute atomic E-state index is 0.0256. The molecule has 1 aromatic carbocycles. The smallest absolute Gasteiger partial charge is 0.303 e. The summed E-state index contributed by atoms with van der Waals surface area (Å²) in [6, 6.07) is 4.86. The monoisotopic (exact) mass is 372 g/mol. The van der Waals surface area contributed by atoms with E-state index in [0.717, 1.165) is 0 Å². The first-order valence-electron chi connectivity index (χ1n) is 7.83. The number of sulfonamides is 1. The molecule has 3 N–H and O–H groups in total. The van der Waals surface area contributed by atoms with Crippen LogP contribution in [0.2, 0.25) is 0 Å². The summed E-state index contributed by atoms with van der Waals surface area (Å²) in [6.45, 7) is 3.61. The number of carbonyl (C=O) groups is 2. The number of hydrogen-bond acceptors (Lipinski definition) is 5. The van der Waals surface area contributed by atoms with E-state index in [2.05, 4.69) is 10.0 Å². The minimum Gasteiger partial charge on any atom is -0.497 e. The zero-order valence-corrected chi connectivity index (χ0v) is 15.3. The lowest BCUT2D eigenvalue weighted by Gasteiger charge is -2.21. The van der Waals surface area contributed by atoms with E-state index in [-0.39, 0.29) is 30.2 Å². The molecule has 0 bridgehead atoms. The Kier molecular flexibility index (Phi) is 7.85. The molecule has 0 aliphatic carbocycles. The largest absolute Gasteiger partial charge is 0.497 e. The third-order valence-corrected chi connectivity index (χ3v) is 4.92. The van der Waals surface area contributed by atoms with Crippen molar-refractivity contribution in [2.75, 3.05) is 13.7 Å². The lowest BCUT2D eigenvalue weighted by atomic mass is 10.1. The molecular weight excluding hydrogens is 348 g/mol. The average Bonchev–Trinajstić information content (AvgIpc) is 2.56. The minimum atomic E-state index is -3.88. The third-order valence-electron chi connectivity index (χ3n) is 3.47. The molecule has 25 heavy (non-hydrogen) atoms. The molecule has 8 nitrogen and oxygen atoms in total. The normalized spacial score (nSPS) is 12.6. The van der Waals surface area contributed by atoms with Gasteiger partial charge in [0.25, 0.3) is 0 Å². The first-order valence-corrected chi connectivity index (χ1v) is 9.31. The predicted octanol–water partition coefficient (Wildman–Crippen LogP) is 0.979. The van der Waals surface area contributed by atoms with Crippen LogP contribution in [0.5, 0.6) is 5.75 Å². The SMILES string of the molecule is COc1ccc(S(=O)(=O)NC(C(=O)NCCCC(=O)O)C(C)C)cc1. The van der Waals surface area contributed by atoms with E-state index in [0.29, 0.717) is 5.75 Å². The fourth-order valence-corrected chi connectivity index (χ4v) is 3.39. The molecule has 0 aromatic heterocycles. The number of amides is 1. The summed E-state index contributed by atoms with van der Waals surface area (Å²) in [5, 5.41) is 11.1. The van der Waals surface area contributed by atoms with E-state index in [1.807, 2.05) is 0 Å². The van der Waals surface area contributed by atoms with E-state index in [1.165, 1.54) is 31.4 Å². The van der Waals surface area contributed by atoms with Crippen molar-refractivity contribution in [3.8, 4) is 5.75 Å². The van der Waals surface area contributed by atoms with Crippen molar-refractivity contribution >= 4 is 21.9 Å². The maximum absolute atomic E-state index is 12.5. The Morgan fingerprint density at radius 2 is 1.80 bits per heavy atom. The molecule has 1 aromatic rings. The standard InChI is InChI=1S/C16H24N2O6S/c1-11(2)15(16(21)17-10-4-5-14(19)20)18-25(22,23)13-8-6-12(24-3)7-9-13/h6-9,11,15,18H,4-5,10H2,1-3H3,(H,17,21)(H,19,20). The maximum atomic E-state index is 12.5. The van der Waals surface area contributed by atoms with Crippen LogP contribution >= 0.6 is 0 Å². The highest BCUT2D eigenvalue weighted by Gasteiger charge is 2.28. The molecule has 0 aliphatic rings. The molecule has 0 heterocycles. The molecule has 1 unspecified atom stereocenters. The summed E-state index contributed by atoms with van der Waals surface area (Å²) in [6.07, 6.45) is 0.210. The second-order valence-electron chi connectivity index (χ2n) is 5.81. The molecule has 1 atom stereocenters. The van der Waals surface area contributed by atoms with Crippen LogP contribution < -0.4 is 14.8 Å². The van der Waals surface area contributed by atoms with Crippen molar-refractivity contribution in [3.63, 3.8) is 0 Å². The number of benzene rings is 1. The van der Waals surface area contributed by atoms with Crippen LogP contribution in [0.15, 0.2) is 29.2 Å². The van der Waals surface area contributed by atoms with E-state index in [4.69, 9.17) is 9.84 Å². The lowest BCUT2D eigenvalue weighted by molar-refractivity contribution is -0.137. The summed E-state index contributed by atoms with van der Waals surface area (Å²) < 4.78 is 32.3. The van der Waals surface area contributed by atoms with E-state index in [9.17, 15) is 18.0 Å². The molecule has 1 amide bonds. The maximum Gasteiger partial charge on any atom is 0.303 e. The van der Waals surface area contributed by atoms with E-state index < -0.39 is 27.9 Å². The van der Waals surface area contributed by atoms with Gasteiger partial charge in [-0.25, -0.2) is 8.42 Å². The summed E-state index contributed by atoms with van der Waals surface area (Å²) >= 11 is 0. The Morgan fingerprint density at radius 1 is 1.20 bits per heavy atom. The molecule has 0 saturated carbocycles. The van der Waals surface area contributed by atoms with Gasteiger partial charge in [0.1, 0.15) is 11.8 Å². The Labute approximate surface area is 147 Å². The van der Waals surface area contributed by atoms with E-state index in [1.54, 1.807) is 13.8 Å². The first-order chi connectivity index (χ1) is 11.7. The number of carbonyl (C=O) groups excluding carboxylic acids is 1. The molecule has 0 aliphatic heterocycles.